The molecule has 0 aliphatic heterocycles. The fraction of sp³-hybridized carbons (Fsp3) is 0.0714. The van der Waals surface area contributed by atoms with Crippen LogP contribution in [0.1, 0.15) is 15.2 Å². The number of aromatic nitrogens is 3. The van der Waals surface area contributed by atoms with Gasteiger partial charge in [0.2, 0.25) is 0 Å². The quantitative estimate of drug-likeness (QED) is 0.757. The lowest BCUT2D eigenvalue weighted by atomic mass is 10.2. The maximum atomic E-state index is 10.8. The second kappa shape index (κ2) is 5.76. The first-order chi connectivity index (χ1) is 10.2. The highest BCUT2D eigenvalue weighted by Crippen LogP contribution is 2.18. The number of carboxylic acids is 1. The van der Waals surface area contributed by atoms with Gasteiger partial charge in [0.25, 0.3) is 0 Å². The Hall–Kier alpha value is -2.67. The molecule has 6 nitrogen and oxygen atoms in total. The summed E-state index contributed by atoms with van der Waals surface area (Å²) in [4.78, 5) is 11.8. The summed E-state index contributed by atoms with van der Waals surface area (Å²) in [6, 6.07) is 9.52. The van der Waals surface area contributed by atoms with Gasteiger partial charge < -0.3 is 10.4 Å². The first-order valence-electron chi connectivity index (χ1n) is 6.22. The number of nitrogens with one attached hydrogen (secondary N) is 1. The van der Waals surface area contributed by atoms with Crippen molar-refractivity contribution in [2.24, 2.45) is 0 Å². The molecule has 0 unspecified atom stereocenters. The molecule has 0 saturated carbocycles. The topological polar surface area (TPSA) is 80.0 Å². The van der Waals surface area contributed by atoms with E-state index in [4.69, 9.17) is 5.11 Å². The van der Waals surface area contributed by atoms with Crippen LogP contribution in [0, 0.1) is 0 Å². The Morgan fingerprint density at radius 1 is 1.29 bits per heavy atom. The zero-order chi connectivity index (χ0) is 14.7. The molecule has 0 fully saturated rings. The fourth-order valence-electron chi connectivity index (χ4n) is 1.89. The van der Waals surface area contributed by atoms with E-state index in [2.05, 4.69) is 15.5 Å². The van der Waals surface area contributed by atoms with Crippen LogP contribution in [0.25, 0.3) is 5.69 Å². The van der Waals surface area contributed by atoms with E-state index < -0.39 is 5.97 Å². The second-order valence-electron chi connectivity index (χ2n) is 4.38. The van der Waals surface area contributed by atoms with Crippen LogP contribution in [-0.2, 0) is 6.54 Å². The Balaban J connectivity index is 1.70. The molecule has 0 radical (unpaired) electrons. The van der Waals surface area contributed by atoms with Crippen LogP contribution in [0.5, 0.6) is 0 Å². The minimum Gasteiger partial charge on any atom is -0.478 e. The first kappa shape index (κ1) is 13.3. The number of carboxylic acid groups (broad SMARTS) is 1. The zero-order valence-electron chi connectivity index (χ0n) is 10.9. The fourth-order valence-corrected chi connectivity index (χ4v) is 2.68. The third kappa shape index (κ3) is 3.09. The zero-order valence-corrected chi connectivity index (χ0v) is 11.7. The van der Waals surface area contributed by atoms with Crippen molar-refractivity contribution in [3.63, 3.8) is 0 Å². The van der Waals surface area contributed by atoms with Gasteiger partial charge in [-0.25, -0.2) is 4.79 Å². The molecular formula is C14H12N4O2S. The van der Waals surface area contributed by atoms with E-state index in [-0.39, 0.29) is 0 Å². The summed E-state index contributed by atoms with van der Waals surface area (Å²) in [5.74, 6) is -0.896. The van der Waals surface area contributed by atoms with E-state index in [0.29, 0.717) is 12.1 Å². The first-order valence-corrected chi connectivity index (χ1v) is 7.10. The predicted octanol–water partition coefficient (Wildman–Crippen LogP) is 2.64. The molecule has 0 aliphatic rings. The largest absolute Gasteiger partial charge is 0.478 e. The summed E-state index contributed by atoms with van der Waals surface area (Å²) in [5, 5.41) is 21.4. The van der Waals surface area contributed by atoms with Crippen molar-refractivity contribution in [2.45, 2.75) is 6.54 Å². The smallest absolute Gasteiger partial charge is 0.336 e. The molecule has 1 aromatic carbocycles. The van der Waals surface area contributed by atoms with Crippen LogP contribution in [-0.4, -0.2) is 25.8 Å². The van der Waals surface area contributed by atoms with Gasteiger partial charge in [-0.05, 0) is 24.3 Å². The highest BCUT2D eigenvalue weighted by molar-refractivity contribution is 7.10. The summed E-state index contributed by atoms with van der Waals surface area (Å²) in [6.45, 7) is 0.587. The average Bonchev–Trinajstić information content (AvgIpc) is 3.17. The molecule has 0 atom stereocenters. The molecule has 2 N–H and O–H groups in total. The van der Waals surface area contributed by atoms with E-state index in [1.807, 2.05) is 28.8 Å². The van der Waals surface area contributed by atoms with Crippen molar-refractivity contribution in [3.8, 4) is 5.69 Å². The van der Waals surface area contributed by atoms with E-state index in [1.54, 1.807) is 24.1 Å². The van der Waals surface area contributed by atoms with Gasteiger partial charge in [0.15, 0.2) is 0 Å². The van der Waals surface area contributed by atoms with Gasteiger partial charge in [0.1, 0.15) is 12.7 Å². The highest BCUT2D eigenvalue weighted by Gasteiger charge is 2.06. The molecule has 0 saturated heterocycles. The normalized spacial score (nSPS) is 10.5. The summed E-state index contributed by atoms with van der Waals surface area (Å²) < 4.78 is 1.82. The van der Waals surface area contributed by atoms with E-state index in [1.165, 1.54) is 11.3 Å². The number of anilines is 1. The van der Waals surface area contributed by atoms with Gasteiger partial charge in [0, 0.05) is 22.5 Å². The molecule has 3 rings (SSSR count). The number of hydrogen-bond acceptors (Lipinski definition) is 5. The molecule has 3 aromatic rings. The van der Waals surface area contributed by atoms with Crippen LogP contribution >= 0.6 is 11.3 Å². The van der Waals surface area contributed by atoms with Gasteiger partial charge in [-0.2, -0.15) is 0 Å². The van der Waals surface area contributed by atoms with E-state index in [9.17, 15) is 4.79 Å². The molecule has 0 aliphatic carbocycles. The van der Waals surface area contributed by atoms with Crippen molar-refractivity contribution in [1.29, 1.82) is 0 Å². The van der Waals surface area contributed by atoms with E-state index in [0.717, 1.165) is 16.3 Å². The number of aromatic carboxylic acids is 1. The summed E-state index contributed by atoms with van der Waals surface area (Å²) in [5.41, 5.74) is 2.24. The van der Waals surface area contributed by atoms with E-state index >= 15 is 0 Å². The lowest BCUT2D eigenvalue weighted by Gasteiger charge is -2.07. The third-order valence-electron chi connectivity index (χ3n) is 2.93. The van der Waals surface area contributed by atoms with Gasteiger partial charge in [-0.15, -0.1) is 21.5 Å². The molecule has 2 heterocycles. The van der Waals surface area contributed by atoms with Crippen LogP contribution in [0.4, 0.5) is 5.69 Å². The molecule has 7 heteroatoms. The number of hydrogen-bond donors (Lipinski definition) is 2. The van der Waals surface area contributed by atoms with Gasteiger partial charge in [-0.1, -0.05) is 6.07 Å². The van der Waals surface area contributed by atoms with Crippen molar-refractivity contribution in [1.82, 2.24) is 14.8 Å². The lowest BCUT2D eigenvalue weighted by Crippen LogP contribution is -1.99. The van der Waals surface area contributed by atoms with Crippen LogP contribution in [0.15, 0.2) is 48.4 Å². The van der Waals surface area contributed by atoms with Gasteiger partial charge >= 0.3 is 5.97 Å². The second-order valence-corrected chi connectivity index (χ2v) is 5.38. The minimum absolute atomic E-state index is 0.329. The Bertz CT molecular complexity index is 752. The van der Waals surface area contributed by atoms with Gasteiger partial charge in [0.05, 0.1) is 11.3 Å². The molecule has 106 valence electrons. The SMILES string of the molecule is O=C(O)c1csc(CNc2cccc(-n3cnnc3)c2)c1. The van der Waals surface area contributed by atoms with Crippen molar-refractivity contribution >= 4 is 23.0 Å². The summed E-state index contributed by atoms with van der Waals surface area (Å²) in [7, 11) is 0. The van der Waals surface area contributed by atoms with Crippen LogP contribution in [0.2, 0.25) is 0 Å². The lowest BCUT2D eigenvalue weighted by molar-refractivity contribution is 0.0697. The standard InChI is InChI=1S/C14H12N4O2S/c19-14(20)10-4-13(21-7-10)6-15-11-2-1-3-12(5-11)18-8-16-17-9-18/h1-5,7-9,15H,6H2,(H,19,20). The number of benzene rings is 1. The Morgan fingerprint density at radius 2 is 2.10 bits per heavy atom. The van der Waals surface area contributed by atoms with Crippen molar-refractivity contribution < 1.29 is 9.90 Å². The molecule has 0 bridgehead atoms. The Morgan fingerprint density at radius 3 is 2.81 bits per heavy atom. The summed E-state index contributed by atoms with van der Waals surface area (Å²) >= 11 is 1.43. The maximum Gasteiger partial charge on any atom is 0.336 e. The Kier molecular flexibility index (Phi) is 3.65. The highest BCUT2D eigenvalue weighted by atomic mass is 32.1. The summed E-state index contributed by atoms with van der Waals surface area (Å²) in [6.07, 6.45) is 3.27. The Labute approximate surface area is 124 Å². The number of nitrogens with zero attached hydrogens (tertiary/aromatic N) is 3. The number of thiophene rings is 1. The molecule has 21 heavy (non-hydrogen) atoms. The maximum absolute atomic E-state index is 10.8. The molecule has 0 amide bonds. The minimum atomic E-state index is -0.896. The average molecular weight is 300 g/mol. The molecular weight excluding hydrogens is 288 g/mol. The molecule has 2 aromatic heterocycles. The monoisotopic (exact) mass is 300 g/mol. The number of carbonyl (C=O) groups is 1. The van der Waals surface area contributed by atoms with Crippen LogP contribution < -0.4 is 5.32 Å². The van der Waals surface area contributed by atoms with Gasteiger partial charge in [-0.3, -0.25) is 4.57 Å². The molecule has 0 spiro atoms. The predicted molar refractivity (Wildman–Crippen MR) is 80.0 cm³/mol. The number of rotatable bonds is 5. The van der Waals surface area contributed by atoms with Crippen molar-refractivity contribution in [3.05, 3.63) is 58.8 Å². The van der Waals surface area contributed by atoms with Crippen molar-refractivity contribution in [2.75, 3.05) is 5.32 Å². The third-order valence-corrected chi connectivity index (χ3v) is 3.87. The van der Waals surface area contributed by atoms with Crippen LogP contribution in [0.3, 0.4) is 0 Å².